The highest BCUT2D eigenvalue weighted by Gasteiger charge is 2.35. The van der Waals surface area contributed by atoms with Crippen LogP contribution in [0.2, 0.25) is 0 Å². The predicted octanol–water partition coefficient (Wildman–Crippen LogP) is -1.69. The number of nitrogens with one attached hydrogen (secondary N) is 1. The molecule has 1 aliphatic carbocycles. The Hall–Kier alpha value is -0.180. The molecule has 72 valence electrons. The molecule has 0 saturated heterocycles. The van der Waals surface area contributed by atoms with Crippen LogP contribution >= 0.6 is 0 Å². The topological polar surface area (TPSA) is 106 Å². The molecule has 0 bridgehead atoms. The highest BCUT2D eigenvalue weighted by molar-refractivity contribution is 7.93. The second kappa shape index (κ2) is 2.95. The second-order valence-electron chi connectivity index (χ2n) is 2.70. The van der Waals surface area contributed by atoms with Gasteiger partial charge in [-0.2, -0.15) is 4.72 Å². The molecule has 1 fully saturated rings. The van der Waals surface area contributed by atoms with Gasteiger partial charge in [0.1, 0.15) is 5.88 Å². The maximum atomic E-state index is 11.0. The highest BCUT2D eigenvalue weighted by atomic mass is 32.2. The molecule has 0 amide bonds. The van der Waals surface area contributed by atoms with E-state index in [4.69, 9.17) is 0 Å². The van der Waals surface area contributed by atoms with Crippen LogP contribution in [0.3, 0.4) is 0 Å². The molecule has 1 aliphatic rings. The smallest absolute Gasteiger partial charge is 0.223 e. The van der Waals surface area contributed by atoms with Crippen LogP contribution in [-0.4, -0.2) is 28.0 Å². The third kappa shape index (κ3) is 3.05. The molecule has 0 unspecified atom stereocenters. The van der Waals surface area contributed by atoms with Crippen molar-refractivity contribution in [3.05, 3.63) is 0 Å². The van der Waals surface area contributed by atoms with Crippen molar-refractivity contribution in [3.63, 3.8) is 0 Å². The summed E-state index contributed by atoms with van der Waals surface area (Å²) < 4.78 is 44.7. The quantitative estimate of drug-likeness (QED) is 0.582. The monoisotopic (exact) mass is 214 g/mol. The van der Waals surface area contributed by atoms with E-state index in [9.17, 15) is 16.8 Å². The Labute approximate surface area is 71.2 Å². The Bertz CT molecular complexity index is 353. The van der Waals surface area contributed by atoms with Crippen LogP contribution in [0.1, 0.15) is 12.8 Å². The summed E-state index contributed by atoms with van der Waals surface area (Å²) in [6.45, 7) is 0. The molecule has 0 aromatic rings. The second-order valence-corrected chi connectivity index (χ2v) is 6.36. The molecule has 8 heteroatoms. The Morgan fingerprint density at radius 1 is 1.25 bits per heavy atom. The molecule has 0 aromatic heterocycles. The molecule has 0 aromatic carbocycles. The Kier molecular flexibility index (Phi) is 2.43. The van der Waals surface area contributed by atoms with Crippen molar-refractivity contribution < 1.29 is 16.8 Å². The Morgan fingerprint density at radius 3 is 2.08 bits per heavy atom. The Morgan fingerprint density at radius 2 is 1.75 bits per heavy atom. The average Bonchev–Trinajstić information content (AvgIpc) is 2.62. The Balaban J connectivity index is 2.52. The molecule has 0 heterocycles. The molecule has 3 N–H and O–H groups in total. The third-order valence-electron chi connectivity index (χ3n) is 1.42. The van der Waals surface area contributed by atoms with Gasteiger partial charge in [0, 0.05) is 0 Å². The summed E-state index contributed by atoms with van der Waals surface area (Å²) in [5, 5.41) is 4.19. The van der Waals surface area contributed by atoms with Crippen LogP contribution in [0.4, 0.5) is 0 Å². The van der Waals surface area contributed by atoms with Gasteiger partial charge < -0.3 is 0 Å². The van der Waals surface area contributed by atoms with Crippen molar-refractivity contribution in [2.75, 3.05) is 5.88 Å². The first-order valence-corrected chi connectivity index (χ1v) is 6.56. The standard InChI is InChI=1S/C4H10N2O4S2/c5-11(7,8)3-6-12(9,10)4-1-2-4/h4,6H,1-3H2,(H2,5,7,8). The summed E-state index contributed by atoms with van der Waals surface area (Å²) in [6.07, 6.45) is 1.19. The fraction of sp³-hybridized carbons (Fsp3) is 1.00. The predicted molar refractivity (Wildman–Crippen MR) is 43.1 cm³/mol. The molecule has 0 radical (unpaired) electrons. The SMILES string of the molecule is NS(=O)(=O)CNS(=O)(=O)C1CC1. The van der Waals surface area contributed by atoms with Gasteiger partial charge in [-0.15, -0.1) is 0 Å². The van der Waals surface area contributed by atoms with E-state index in [2.05, 4.69) is 5.14 Å². The van der Waals surface area contributed by atoms with Crippen molar-refractivity contribution in [2.24, 2.45) is 5.14 Å². The molecular formula is C4H10N2O4S2. The lowest BCUT2D eigenvalue weighted by Gasteiger charge is -2.02. The first kappa shape index (κ1) is 9.90. The number of nitrogens with two attached hydrogens (primary N) is 1. The van der Waals surface area contributed by atoms with Crippen molar-refractivity contribution in [3.8, 4) is 0 Å². The summed E-state index contributed by atoms with van der Waals surface area (Å²) in [7, 11) is -7.18. The van der Waals surface area contributed by atoms with Gasteiger partial charge in [-0.1, -0.05) is 0 Å². The lowest BCUT2D eigenvalue weighted by atomic mass is 11.0. The number of sulfonamides is 2. The zero-order valence-electron chi connectivity index (χ0n) is 6.23. The summed E-state index contributed by atoms with van der Waals surface area (Å²) >= 11 is 0. The minimum atomic E-state index is -3.75. The normalized spacial score (nSPS) is 19.4. The number of primary sulfonamides is 1. The van der Waals surface area contributed by atoms with Crippen molar-refractivity contribution in [1.29, 1.82) is 0 Å². The van der Waals surface area contributed by atoms with E-state index in [0.717, 1.165) is 0 Å². The molecule has 0 spiro atoms. The fourth-order valence-electron chi connectivity index (χ4n) is 0.660. The molecular weight excluding hydrogens is 204 g/mol. The van der Waals surface area contributed by atoms with Gasteiger partial charge in [-0.05, 0) is 12.8 Å². The van der Waals surface area contributed by atoms with Gasteiger partial charge in [-0.25, -0.2) is 22.0 Å². The van der Waals surface area contributed by atoms with E-state index in [1.54, 1.807) is 0 Å². The van der Waals surface area contributed by atoms with Crippen LogP contribution < -0.4 is 9.86 Å². The van der Waals surface area contributed by atoms with Gasteiger partial charge in [0.05, 0.1) is 5.25 Å². The van der Waals surface area contributed by atoms with E-state index in [-0.39, 0.29) is 0 Å². The summed E-state index contributed by atoms with van der Waals surface area (Å²) in [5.74, 6) is -0.716. The molecule has 1 rings (SSSR count). The molecule has 6 nitrogen and oxygen atoms in total. The summed E-state index contributed by atoms with van der Waals surface area (Å²) in [4.78, 5) is 0. The number of hydrogen-bond donors (Lipinski definition) is 2. The van der Waals surface area contributed by atoms with Crippen LogP contribution in [0.15, 0.2) is 0 Å². The van der Waals surface area contributed by atoms with Crippen LogP contribution in [0.5, 0.6) is 0 Å². The van der Waals surface area contributed by atoms with Crippen molar-refractivity contribution >= 4 is 20.0 Å². The minimum Gasteiger partial charge on any atom is -0.228 e. The zero-order chi connectivity index (χ0) is 9.41. The van der Waals surface area contributed by atoms with Crippen LogP contribution in [-0.2, 0) is 20.0 Å². The highest BCUT2D eigenvalue weighted by Crippen LogP contribution is 2.27. The maximum Gasteiger partial charge on any atom is 0.223 e. The number of rotatable bonds is 4. The lowest BCUT2D eigenvalue weighted by Crippen LogP contribution is -2.35. The van der Waals surface area contributed by atoms with Gasteiger partial charge in [0.15, 0.2) is 0 Å². The van der Waals surface area contributed by atoms with Crippen LogP contribution in [0.25, 0.3) is 0 Å². The van der Waals surface area contributed by atoms with Crippen molar-refractivity contribution in [1.82, 2.24) is 4.72 Å². The van der Waals surface area contributed by atoms with E-state index in [0.29, 0.717) is 12.8 Å². The summed E-state index contributed by atoms with van der Waals surface area (Å²) in [5.41, 5.74) is 0. The van der Waals surface area contributed by atoms with Gasteiger partial charge in [0.25, 0.3) is 0 Å². The average molecular weight is 214 g/mol. The van der Waals surface area contributed by atoms with E-state index in [1.165, 1.54) is 0 Å². The summed E-state index contributed by atoms with van der Waals surface area (Å²) in [6, 6.07) is 0. The molecule has 0 aliphatic heterocycles. The van der Waals surface area contributed by atoms with E-state index in [1.807, 2.05) is 4.72 Å². The molecule has 0 atom stereocenters. The largest absolute Gasteiger partial charge is 0.228 e. The molecule has 1 saturated carbocycles. The van der Waals surface area contributed by atoms with E-state index < -0.39 is 31.2 Å². The first-order chi connectivity index (χ1) is 5.31. The fourth-order valence-corrected chi connectivity index (χ4v) is 2.97. The van der Waals surface area contributed by atoms with Gasteiger partial charge in [0.2, 0.25) is 20.0 Å². The lowest BCUT2D eigenvalue weighted by molar-refractivity contribution is 0.575. The number of hydrogen-bond acceptors (Lipinski definition) is 4. The maximum absolute atomic E-state index is 11.0. The minimum absolute atomic E-state index is 0.417. The zero-order valence-corrected chi connectivity index (χ0v) is 7.86. The van der Waals surface area contributed by atoms with Crippen LogP contribution in [0, 0.1) is 0 Å². The third-order valence-corrected chi connectivity index (χ3v) is 4.05. The van der Waals surface area contributed by atoms with Gasteiger partial charge >= 0.3 is 0 Å². The van der Waals surface area contributed by atoms with Gasteiger partial charge in [-0.3, -0.25) is 0 Å². The first-order valence-electron chi connectivity index (χ1n) is 3.30. The van der Waals surface area contributed by atoms with Crippen molar-refractivity contribution in [2.45, 2.75) is 18.1 Å². The van der Waals surface area contributed by atoms with E-state index >= 15 is 0 Å². The molecule has 12 heavy (non-hydrogen) atoms.